The van der Waals surface area contributed by atoms with Crippen LogP contribution in [0.15, 0.2) is 49.8 Å². The summed E-state index contributed by atoms with van der Waals surface area (Å²) in [6.07, 6.45) is 2.31. The van der Waals surface area contributed by atoms with Crippen molar-refractivity contribution in [2.24, 2.45) is 0 Å². The van der Waals surface area contributed by atoms with E-state index in [4.69, 9.17) is 0 Å². The van der Waals surface area contributed by atoms with Crippen molar-refractivity contribution in [1.82, 2.24) is 9.80 Å². The smallest absolute Gasteiger partial charge is 0.265 e. The zero-order chi connectivity index (χ0) is 17.2. The summed E-state index contributed by atoms with van der Waals surface area (Å²) in [5, 5.41) is 0.673. The Balaban J connectivity index is 2.18. The van der Waals surface area contributed by atoms with Gasteiger partial charge in [-0.2, -0.15) is 0 Å². The van der Waals surface area contributed by atoms with Crippen LogP contribution in [0.5, 0.6) is 0 Å². The van der Waals surface area contributed by atoms with Gasteiger partial charge in [-0.15, -0.1) is 0 Å². The van der Waals surface area contributed by atoms with E-state index in [0.717, 1.165) is 22.2 Å². The Hall–Kier alpha value is -3.54. The molecule has 0 unspecified atom stereocenters. The molecule has 0 spiro atoms. The maximum absolute atomic E-state index is 12.5. The molecule has 0 aliphatic carbocycles. The predicted octanol–water partition coefficient (Wildman–Crippen LogP) is 2.32. The van der Waals surface area contributed by atoms with Crippen molar-refractivity contribution in [3.63, 3.8) is 0 Å². The number of nitrogens with zero attached hydrogens (tertiary/aromatic N) is 2. The third-order valence-corrected chi connectivity index (χ3v) is 4.32. The molecule has 0 fully saturated rings. The third kappa shape index (κ3) is 1.44. The zero-order valence-electron chi connectivity index (χ0n) is 12.4. The average molecular weight is 318 g/mol. The molecule has 0 bridgehead atoms. The highest BCUT2D eigenvalue weighted by Gasteiger charge is 2.38. The minimum Gasteiger partial charge on any atom is -0.268 e. The summed E-state index contributed by atoms with van der Waals surface area (Å²) in [6.45, 7) is 6.98. The lowest BCUT2D eigenvalue weighted by molar-refractivity contribution is 0.0659. The predicted molar refractivity (Wildman–Crippen MR) is 85.3 cm³/mol. The van der Waals surface area contributed by atoms with Crippen LogP contribution in [0.1, 0.15) is 41.4 Å². The molecule has 4 amide bonds. The summed E-state index contributed by atoms with van der Waals surface area (Å²) >= 11 is 0. The maximum atomic E-state index is 12.5. The van der Waals surface area contributed by atoms with Crippen LogP contribution in [0, 0.1) is 0 Å². The Kier molecular flexibility index (Phi) is 2.63. The Morgan fingerprint density at radius 3 is 1.04 bits per heavy atom. The minimum absolute atomic E-state index is 0.262. The Labute approximate surface area is 136 Å². The molecule has 2 heterocycles. The quantitative estimate of drug-likeness (QED) is 0.796. The highest BCUT2D eigenvalue weighted by Crippen LogP contribution is 2.37. The van der Waals surface area contributed by atoms with Crippen molar-refractivity contribution >= 4 is 34.4 Å². The van der Waals surface area contributed by atoms with Gasteiger partial charge >= 0.3 is 0 Å². The molecule has 0 aromatic heterocycles. The summed E-state index contributed by atoms with van der Waals surface area (Å²) in [5.41, 5.74) is 1.05. The van der Waals surface area contributed by atoms with E-state index in [1.54, 1.807) is 0 Å². The van der Waals surface area contributed by atoms with Gasteiger partial charge in [-0.3, -0.25) is 19.2 Å². The second kappa shape index (κ2) is 4.48. The van der Waals surface area contributed by atoms with E-state index in [1.807, 2.05) is 0 Å². The first-order chi connectivity index (χ1) is 11.5. The van der Waals surface area contributed by atoms with E-state index in [-0.39, 0.29) is 22.3 Å². The number of hydrogen-bond acceptors (Lipinski definition) is 4. The standard InChI is InChI=1S/C18H10N2O4/c1-3-19-15(21)9-5-7-11-14-12(18(24)20(4-2)17(11)23)8-6-10(13(9)14)16(19)22/h3-8H,1-2H2. The van der Waals surface area contributed by atoms with Crippen LogP contribution >= 0.6 is 0 Å². The SMILES string of the molecule is C=CN1C(=O)c2ccc3c4c(ccc(c24)C1=O)C(=O)N(C=C)C3=O. The molecule has 2 aliphatic heterocycles. The van der Waals surface area contributed by atoms with Crippen molar-refractivity contribution in [2.45, 2.75) is 0 Å². The lowest BCUT2D eigenvalue weighted by atomic mass is 9.86. The molecule has 6 heteroatoms. The average Bonchev–Trinajstić information content (AvgIpc) is 2.58. The first-order valence-electron chi connectivity index (χ1n) is 7.12. The summed E-state index contributed by atoms with van der Waals surface area (Å²) in [6, 6.07) is 5.97. The van der Waals surface area contributed by atoms with Crippen molar-refractivity contribution in [3.05, 3.63) is 72.1 Å². The molecule has 2 aromatic rings. The summed E-state index contributed by atoms with van der Waals surface area (Å²) < 4.78 is 0. The van der Waals surface area contributed by atoms with Gasteiger partial charge < -0.3 is 0 Å². The van der Waals surface area contributed by atoms with Crippen LogP contribution in [0.25, 0.3) is 10.8 Å². The van der Waals surface area contributed by atoms with E-state index in [1.165, 1.54) is 24.3 Å². The molecule has 4 rings (SSSR count). The zero-order valence-corrected chi connectivity index (χ0v) is 12.4. The molecule has 0 atom stereocenters. The molecule has 116 valence electrons. The minimum atomic E-state index is -0.530. The molecule has 0 N–H and O–H groups in total. The molecule has 6 nitrogen and oxygen atoms in total. The van der Waals surface area contributed by atoms with Crippen LogP contribution in [0.4, 0.5) is 0 Å². The Bertz CT molecular complexity index is 882. The first-order valence-corrected chi connectivity index (χ1v) is 7.12. The van der Waals surface area contributed by atoms with Crippen LogP contribution < -0.4 is 0 Å². The largest absolute Gasteiger partial charge is 0.268 e. The molecule has 0 saturated heterocycles. The molecule has 2 aliphatic rings. The maximum Gasteiger partial charge on any atom is 0.265 e. The molecular weight excluding hydrogens is 308 g/mol. The number of benzene rings is 2. The van der Waals surface area contributed by atoms with Crippen LogP contribution in [0.3, 0.4) is 0 Å². The summed E-state index contributed by atoms with van der Waals surface area (Å²) in [5.74, 6) is -2.12. The third-order valence-electron chi connectivity index (χ3n) is 4.32. The summed E-state index contributed by atoms with van der Waals surface area (Å²) in [7, 11) is 0. The highest BCUT2D eigenvalue weighted by atomic mass is 16.2. The van der Waals surface area contributed by atoms with Crippen molar-refractivity contribution in [2.75, 3.05) is 0 Å². The number of carbonyl (C=O) groups is 4. The van der Waals surface area contributed by atoms with Gasteiger partial charge in [-0.1, -0.05) is 13.2 Å². The molecular formula is C18H10N2O4. The first kappa shape index (κ1) is 14.1. The van der Waals surface area contributed by atoms with Crippen LogP contribution in [-0.4, -0.2) is 33.4 Å². The number of hydrogen-bond donors (Lipinski definition) is 0. The van der Waals surface area contributed by atoms with Crippen molar-refractivity contribution < 1.29 is 19.2 Å². The fourth-order valence-electron chi connectivity index (χ4n) is 3.24. The monoisotopic (exact) mass is 318 g/mol. The lowest BCUT2D eigenvalue weighted by Gasteiger charge is -2.29. The number of imide groups is 2. The number of amides is 4. The van der Waals surface area contributed by atoms with Gasteiger partial charge in [0, 0.05) is 45.4 Å². The Morgan fingerprint density at radius 1 is 0.583 bits per heavy atom. The van der Waals surface area contributed by atoms with E-state index in [2.05, 4.69) is 13.2 Å². The second-order valence-electron chi connectivity index (χ2n) is 5.40. The van der Waals surface area contributed by atoms with Crippen LogP contribution in [0.2, 0.25) is 0 Å². The fraction of sp³-hybridized carbons (Fsp3) is 0. The van der Waals surface area contributed by atoms with E-state index < -0.39 is 23.6 Å². The van der Waals surface area contributed by atoms with Crippen molar-refractivity contribution in [1.29, 1.82) is 0 Å². The highest BCUT2D eigenvalue weighted by molar-refractivity contribution is 6.33. The number of carbonyl (C=O) groups excluding carboxylic acids is 4. The van der Waals surface area contributed by atoms with Crippen LogP contribution in [-0.2, 0) is 0 Å². The topological polar surface area (TPSA) is 74.8 Å². The molecule has 2 aromatic carbocycles. The van der Waals surface area contributed by atoms with Gasteiger partial charge in [-0.25, -0.2) is 9.80 Å². The van der Waals surface area contributed by atoms with Gasteiger partial charge in [0.05, 0.1) is 0 Å². The molecule has 0 radical (unpaired) electrons. The molecule has 24 heavy (non-hydrogen) atoms. The molecule has 0 saturated carbocycles. The lowest BCUT2D eigenvalue weighted by Crippen LogP contribution is -2.39. The van der Waals surface area contributed by atoms with Gasteiger partial charge in [-0.05, 0) is 24.3 Å². The Morgan fingerprint density at radius 2 is 0.833 bits per heavy atom. The van der Waals surface area contributed by atoms with E-state index >= 15 is 0 Å². The van der Waals surface area contributed by atoms with E-state index in [0.29, 0.717) is 10.8 Å². The summed E-state index contributed by atoms with van der Waals surface area (Å²) in [4.78, 5) is 51.8. The van der Waals surface area contributed by atoms with Gasteiger partial charge in [0.25, 0.3) is 23.6 Å². The second-order valence-corrected chi connectivity index (χ2v) is 5.40. The number of rotatable bonds is 2. The van der Waals surface area contributed by atoms with Crippen molar-refractivity contribution in [3.8, 4) is 0 Å². The van der Waals surface area contributed by atoms with Gasteiger partial charge in [0.2, 0.25) is 0 Å². The normalized spacial score (nSPS) is 16.0. The fourth-order valence-corrected chi connectivity index (χ4v) is 3.24. The van der Waals surface area contributed by atoms with E-state index in [9.17, 15) is 19.2 Å². The van der Waals surface area contributed by atoms with Gasteiger partial charge in [0.1, 0.15) is 0 Å². The van der Waals surface area contributed by atoms with Gasteiger partial charge in [0.15, 0.2) is 0 Å².